The minimum absolute atomic E-state index is 0.218. The molecule has 0 aliphatic rings. The molecule has 0 unspecified atom stereocenters. The number of nitrogens with one attached hydrogen (secondary N) is 2. The molecule has 0 saturated heterocycles. The van der Waals surface area contributed by atoms with Gasteiger partial charge in [0.15, 0.2) is 5.96 Å². The second-order valence-electron chi connectivity index (χ2n) is 0.754. The molecule has 0 amide bonds. The Morgan fingerprint density at radius 2 is 2.00 bits per heavy atom. The SMILES string of the molecule is N=C(N)NN.O=[N+]([O-])[Co]. The van der Waals surface area contributed by atoms with Crippen LogP contribution in [-0.4, -0.2) is 9.93 Å². The van der Waals surface area contributed by atoms with Crippen LogP contribution >= 0.6 is 0 Å². The van der Waals surface area contributed by atoms with Gasteiger partial charge in [-0.2, -0.15) is 0 Å². The zero-order valence-electron chi connectivity index (χ0n) is 4.25. The molecule has 0 aromatic rings. The predicted octanol–water partition coefficient (Wildman–Crippen LogP) is -1.93. The first-order chi connectivity index (χ1) is 4.00. The topological polar surface area (TPSA) is 131 Å². The quantitative estimate of drug-likeness (QED) is 0.113. The van der Waals surface area contributed by atoms with Gasteiger partial charge in [-0.15, -0.1) is 0 Å². The number of hydrazine groups is 1. The summed E-state index contributed by atoms with van der Waals surface area (Å²) in [5.41, 5.74) is 6.53. The van der Waals surface area contributed by atoms with Crippen molar-refractivity contribution in [2.75, 3.05) is 0 Å². The molecule has 0 spiro atoms. The van der Waals surface area contributed by atoms with E-state index in [9.17, 15) is 0 Å². The number of rotatable bonds is 0. The van der Waals surface area contributed by atoms with Crippen LogP contribution in [0.25, 0.3) is 0 Å². The van der Waals surface area contributed by atoms with Gasteiger partial charge in [-0.3, -0.25) is 10.8 Å². The van der Waals surface area contributed by atoms with Gasteiger partial charge < -0.3 is 5.73 Å². The first-order valence-electron chi connectivity index (χ1n) is 1.59. The van der Waals surface area contributed by atoms with Crippen molar-refractivity contribution in [2.24, 2.45) is 11.6 Å². The van der Waals surface area contributed by atoms with Crippen LogP contribution in [0.4, 0.5) is 0 Å². The summed E-state index contributed by atoms with van der Waals surface area (Å²) in [6.07, 6.45) is 0. The molecule has 0 atom stereocenters. The molecule has 0 fully saturated rings. The van der Waals surface area contributed by atoms with Crippen molar-refractivity contribution in [1.82, 2.24) is 5.43 Å². The number of guanidine groups is 1. The third-order valence-electron chi connectivity index (χ3n) is 0.156. The van der Waals surface area contributed by atoms with Crippen molar-refractivity contribution in [2.45, 2.75) is 0 Å². The van der Waals surface area contributed by atoms with Crippen molar-refractivity contribution in [3.05, 3.63) is 10.1 Å². The van der Waals surface area contributed by atoms with Crippen LogP contribution in [0.5, 0.6) is 0 Å². The van der Waals surface area contributed by atoms with Crippen LogP contribution in [0.2, 0.25) is 0 Å². The maximum atomic E-state index is 8.67. The van der Waals surface area contributed by atoms with Crippen LogP contribution < -0.4 is 17.0 Å². The van der Waals surface area contributed by atoms with Crippen molar-refractivity contribution in [1.29, 1.82) is 5.41 Å². The summed E-state index contributed by atoms with van der Waals surface area (Å²) >= 11 is 2.73. The molecular weight excluding hydrogens is 173 g/mol. The van der Waals surface area contributed by atoms with Crippen molar-refractivity contribution >= 4 is 5.96 Å². The summed E-state index contributed by atoms with van der Waals surface area (Å²) in [6.45, 7) is 0. The summed E-state index contributed by atoms with van der Waals surface area (Å²) < 4.78 is -0.812. The zero-order valence-corrected chi connectivity index (χ0v) is 5.29. The molecule has 9 heavy (non-hydrogen) atoms. The van der Waals surface area contributed by atoms with Crippen LogP contribution in [0.15, 0.2) is 0 Å². The molecule has 0 aromatic heterocycles. The monoisotopic (exact) mass is 179 g/mol. The number of hydrogen-bond donors (Lipinski definition) is 4. The van der Waals surface area contributed by atoms with E-state index in [1.54, 1.807) is 0 Å². The molecular formula is CH6CoN5O2. The fourth-order valence-corrected chi connectivity index (χ4v) is 0. The molecule has 0 aromatic carbocycles. The van der Waals surface area contributed by atoms with Gasteiger partial charge in [0.25, 0.3) is 0 Å². The Kier molecular flexibility index (Phi) is 8.73. The molecule has 7 nitrogen and oxygen atoms in total. The van der Waals surface area contributed by atoms with E-state index >= 15 is 0 Å². The number of nitro groups is 1. The standard InChI is InChI=1S/CH6N4.Co.NO2/c2-1(3)5-4;;2-1-3/h4H2,(H4,2,3,5);;. The number of nitrogens with two attached hydrogens (primary N) is 2. The normalized spacial score (nSPS) is 6.56. The van der Waals surface area contributed by atoms with Crippen molar-refractivity contribution < 1.29 is 19.9 Å². The van der Waals surface area contributed by atoms with Gasteiger partial charge >= 0.3 is 30.0 Å². The molecule has 0 saturated carbocycles. The van der Waals surface area contributed by atoms with E-state index in [2.05, 4.69) is 27.5 Å². The second-order valence-corrected chi connectivity index (χ2v) is 1.13. The Bertz CT molecular complexity index is 99.1. The second kappa shape index (κ2) is 7.14. The molecule has 8 heteroatoms. The van der Waals surface area contributed by atoms with Crippen LogP contribution in [0, 0.1) is 15.5 Å². The molecule has 0 aliphatic heterocycles. The van der Waals surface area contributed by atoms with Gasteiger partial charge in [-0.1, -0.05) is 0 Å². The fourth-order valence-electron chi connectivity index (χ4n) is 0. The molecule has 0 heterocycles. The van der Waals surface area contributed by atoms with Gasteiger partial charge in [0, 0.05) is 0 Å². The molecule has 0 bridgehead atoms. The van der Waals surface area contributed by atoms with E-state index in [0.29, 0.717) is 0 Å². The Morgan fingerprint density at radius 3 is 2.00 bits per heavy atom. The average molecular weight is 179 g/mol. The Labute approximate surface area is 59.2 Å². The van der Waals surface area contributed by atoms with Crippen molar-refractivity contribution in [3.8, 4) is 0 Å². The molecule has 0 radical (unpaired) electrons. The predicted molar refractivity (Wildman–Crippen MR) is 26.2 cm³/mol. The first-order valence-corrected chi connectivity index (χ1v) is 2.06. The van der Waals surface area contributed by atoms with Gasteiger partial charge in [0.05, 0.1) is 0 Å². The summed E-state index contributed by atoms with van der Waals surface area (Å²) in [6, 6.07) is 0. The van der Waals surface area contributed by atoms with Crippen LogP contribution in [0.3, 0.4) is 0 Å². The number of nitrogens with zero attached hydrogens (tertiary/aromatic N) is 1. The van der Waals surface area contributed by atoms with Crippen LogP contribution in [0.1, 0.15) is 0 Å². The van der Waals surface area contributed by atoms with E-state index in [1.165, 1.54) is 0 Å². The Hall–Kier alpha value is -0.864. The van der Waals surface area contributed by atoms with Gasteiger partial charge in [0.1, 0.15) is 0 Å². The van der Waals surface area contributed by atoms with Gasteiger partial charge in [-0.25, -0.2) is 5.84 Å². The third-order valence-corrected chi connectivity index (χ3v) is 0.156. The van der Waals surface area contributed by atoms with Crippen molar-refractivity contribution in [3.63, 3.8) is 0 Å². The Morgan fingerprint density at radius 1 is 1.89 bits per heavy atom. The zero-order chi connectivity index (χ0) is 7.86. The summed E-state index contributed by atoms with van der Waals surface area (Å²) in [4.78, 5) is 8.67. The minimum atomic E-state index is -0.812. The van der Waals surface area contributed by atoms with E-state index in [0.717, 1.165) is 0 Å². The van der Waals surface area contributed by atoms with Gasteiger partial charge in [0.2, 0.25) is 0 Å². The Balaban J connectivity index is 0. The molecule has 56 valence electrons. The van der Waals surface area contributed by atoms with Crippen LogP contribution in [-0.2, 0) is 16.0 Å². The number of hydrogen-bond acceptors (Lipinski definition) is 4. The summed E-state index contributed by atoms with van der Waals surface area (Å²) in [7, 11) is 0. The van der Waals surface area contributed by atoms with E-state index in [-0.39, 0.29) is 5.96 Å². The summed E-state index contributed by atoms with van der Waals surface area (Å²) in [5.74, 6) is 4.35. The molecule has 0 rings (SSSR count). The maximum absolute atomic E-state index is 8.67. The average Bonchev–Trinajstić information content (AvgIpc) is 1.65. The first kappa shape index (κ1) is 11.0. The molecule has 6 N–H and O–H groups in total. The fraction of sp³-hybridized carbons (Fsp3) is 0. The van der Waals surface area contributed by atoms with Gasteiger partial charge in [-0.05, 0) is 0 Å². The van der Waals surface area contributed by atoms with E-state index < -0.39 is 3.97 Å². The third kappa shape index (κ3) is 146. The summed E-state index contributed by atoms with van der Waals surface area (Å²) in [5, 5.41) is 15.0. The van der Waals surface area contributed by atoms with E-state index in [4.69, 9.17) is 15.5 Å². The molecule has 0 aliphatic carbocycles. The van der Waals surface area contributed by atoms with E-state index in [1.807, 2.05) is 5.43 Å².